The van der Waals surface area contributed by atoms with Crippen molar-refractivity contribution >= 4 is 11.6 Å². The normalized spacial score (nSPS) is 10.8. The number of ether oxygens (including phenoxy) is 1. The van der Waals surface area contributed by atoms with E-state index in [9.17, 15) is 0 Å². The van der Waals surface area contributed by atoms with Gasteiger partial charge in [-0.3, -0.25) is 4.57 Å². The molecule has 0 aromatic carbocycles. The molecule has 96 valence electrons. The molecule has 2 rings (SSSR count). The molecule has 5 nitrogen and oxygen atoms in total. The number of rotatable bonds is 5. The maximum atomic E-state index is 5.99. The summed E-state index contributed by atoms with van der Waals surface area (Å²) in [6, 6.07) is 1.72. The van der Waals surface area contributed by atoms with Gasteiger partial charge in [-0.2, -0.15) is 0 Å². The van der Waals surface area contributed by atoms with E-state index in [0.29, 0.717) is 17.6 Å². The highest BCUT2D eigenvalue weighted by Crippen LogP contribution is 2.14. The fourth-order valence-corrected chi connectivity index (χ4v) is 1.92. The van der Waals surface area contributed by atoms with E-state index in [1.54, 1.807) is 19.4 Å². The Labute approximate surface area is 111 Å². The molecule has 0 aliphatic heterocycles. The molecule has 0 aliphatic carbocycles. The minimum atomic E-state index is 0.339. The Kier molecular flexibility index (Phi) is 4.28. The quantitative estimate of drug-likeness (QED) is 0.780. The lowest BCUT2D eigenvalue weighted by atomic mass is 10.3. The van der Waals surface area contributed by atoms with E-state index in [2.05, 4.69) is 21.9 Å². The number of nitrogens with zero attached hydrogens (tertiary/aromatic N) is 4. The molecule has 0 amide bonds. The predicted octanol–water partition coefficient (Wildman–Crippen LogP) is 2.41. The average molecular weight is 267 g/mol. The first-order chi connectivity index (χ1) is 8.74. The first kappa shape index (κ1) is 13.0. The van der Waals surface area contributed by atoms with Crippen molar-refractivity contribution in [2.24, 2.45) is 0 Å². The van der Waals surface area contributed by atoms with Gasteiger partial charge in [0, 0.05) is 32.0 Å². The number of halogens is 1. The van der Waals surface area contributed by atoms with Gasteiger partial charge in [-0.05, 0) is 6.42 Å². The zero-order valence-electron chi connectivity index (χ0n) is 10.4. The predicted molar refractivity (Wildman–Crippen MR) is 68.9 cm³/mol. The van der Waals surface area contributed by atoms with Gasteiger partial charge in [0.1, 0.15) is 23.4 Å². The SMILES string of the molecule is CCCc1nccn1-c1cc(Cl)nc(COC)n1. The second kappa shape index (κ2) is 5.93. The van der Waals surface area contributed by atoms with Gasteiger partial charge >= 0.3 is 0 Å². The van der Waals surface area contributed by atoms with Crippen molar-refractivity contribution in [2.75, 3.05) is 7.11 Å². The highest BCUT2D eigenvalue weighted by atomic mass is 35.5. The number of imidazole rings is 1. The van der Waals surface area contributed by atoms with Crippen LogP contribution in [-0.4, -0.2) is 26.6 Å². The van der Waals surface area contributed by atoms with Crippen LogP contribution in [0.15, 0.2) is 18.5 Å². The van der Waals surface area contributed by atoms with E-state index >= 15 is 0 Å². The lowest BCUT2D eigenvalue weighted by Gasteiger charge is -2.08. The van der Waals surface area contributed by atoms with Crippen molar-refractivity contribution in [2.45, 2.75) is 26.4 Å². The van der Waals surface area contributed by atoms with Crippen molar-refractivity contribution in [3.8, 4) is 5.82 Å². The smallest absolute Gasteiger partial charge is 0.158 e. The molecule has 0 unspecified atom stereocenters. The van der Waals surface area contributed by atoms with Gasteiger partial charge in [0.25, 0.3) is 0 Å². The molecule has 2 heterocycles. The molecule has 2 aromatic heterocycles. The molecule has 0 saturated carbocycles. The van der Waals surface area contributed by atoms with Crippen LogP contribution in [0.2, 0.25) is 5.15 Å². The largest absolute Gasteiger partial charge is 0.377 e. The Morgan fingerprint density at radius 1 is 1.39 bits per heavy atom. The summed E-state index contributed by atoms with van der Waals surface area (Å²) in [5.74, 6) is 2.26. The summed E-state index contributed by atoms with van der Waals surface area (Å²) >= 11 is 5.99. The fourth-order valence-electron chi connectivity index (χ4n) is 1.72. The lowest BCUT2D eigenvalue weighted by Crippen LogP contribution is -2.06. The minimum Gasteiger partial charge on any atom is -0.377 e. The Balaban J connectivity index is 2.39. The Bertz CT molecular complexity index is 527. The molecule has 0 bridgehead atoms. The van der Waals surface area contributed by atoms with Gasteiger partial charge in [0.2, 0.25) is 0 Å². The van der Waals surface area contributed by atoms with E-state index in [1.807, 2.05) is 10.8 Å². The molecule has 0 atom stereocenters. The highest BCUT2D eigenvalue weighted by Gasteiger charge is 2.08. The number of methoxy groups -OCH3 is 1. The first-order valence-electron chi connectivity index (χ1n) is 5.79. The van der Waals surface area contributed by atoms with Crippen molar-refractivity contribution < 1.29 is 4.74 Å². The average Bonchev–Trinajstić information content (AvgIpc) is 2.77. The van der Waals surface area contributed by atoms with Gasteiger partial charge in [0.05, 0.1) is 0 Å². The lowest BCUT2D eigenvalue weighted by molar-refractivity contribution is 0.177. The molecule has 0 fully saturated rings. The van der Waals surface area contributed by atoms with Crippen LogP contribution in [0.5, 0.6) is 0 Å². The standard InChI is InChI=1S/C12H15ClN4O/c1-3-4-11-14-5-6-17(11)12-7-9(13)15-10(16-12)8-18-2/h5-7H,3-4,8H2,1-2H3. The number of hydrogen-bond acceptors (Lipinski definition) is 4. The Hall–Kier alpha value is -1.46. The van der Waals surface area contributed by atoms with Crippen molar-refractivity contribution in [1.82, 2.24) is 19.5 Å². The van der Waals surface area contributed by atoms with Gasteiger partial charge in [-0.25, -0.2) is 15.0 Å². The first-order valence-corrected chi connectivity index (χ1v) is 6.17. The van der Waals surface area contributed by atoms with Crippen molar-refractivity contribution in [3.05, 3.63) is 35.3 Å². The monoisotopic (exact) mass is 266 g/mol. The van der Waals surface area contributed by atoms with Crippen LogP contribution in [0.25, 0.3) is 5.82 Å². The zero-order chi connectivity index (χ0) is 13.0. The maximum Gasteiger partial charge on any atom is 0.158 e. The van der Waals surface area contributed by atoms with Crippen LogP contribution in [-0.2, 0) is 17.8 Å². The fraction of sp³-hybridized carbons (Fsp3) is 0.417. The van der Waals surface area contributed by atoms with Gasteiger partial charge < -0.3 is 4.74 Å². The summed E-state index contributed by atoms with van der Waals surface area (Å²) in [5.41, 5.74) is 0. The summed E-state index contributed by atoms with van der Waals surface area (Å²) in [6.07, 6.45) is 5.56. The van der Waals surface area contributed by atoms with Gasteiger partial charge in [-0.1, -0.05) is 18.5 Å². The molecule has 6 heteroatoms. The summed E-state index contributed by atoms with van der Waals surface area (Å²) in [6.45, 7) is 2.45. The van der Waals surface area contributed by atoms with Crippen LogP contribution in [0.4, 0.5) is 0 Å². The van der Waals surface area contributed by atoms with E-state index in [-0.39, 0.29) is 0 Å². The van der Waals surface area contributed by atoms with Crippen LogP contribution in [0.1, 0.15) is 25.0 Å². The second-order valence-electron chi connectivity index (χ2n) is 3.86. The summed E-state index contributed by atoms with van der Waals surface area (Å²) in [7, 11) is 1.60. The minimum absolute atomic E-state index is 0.339. The molecular weight excluding hydrogens is 252 g/mol. The molecule has 0 aliphatic rings. The van der Waals surface area contributed by atoms with Crippen LogP contribution < -0.4 is 0 Å². The van der Waals surface area contributed by atoms with E-state index in [1.165, 1.54) is 0 Å². The van der Waals surface area contributed by atoms with E-state index < -0.39 is 0 Å². The van der Waals surface area contributed by atoms with Crippen LogP contribution >= 0.6 is 11.6 Å². The third kappa shape index (κ3) is 2.86. The zero-order valence-corrected chi connectivity index (χ0v) is 11.2. The highest BCUT2D eigenvalue weighted by molar-refractivity contribution is 6.29. The molecule has 0 saturated heterocycles. The Morgan fingerprint density at radius 2 is 2.22 bits per heavy atom. The third-order valence-corrected chi connectivity index (χ3v) is 2.63. The van der Waals surface area contributed by atoms with Gasteiger partial charge in [0.15, 0.2) is 5.82 Å². The van der Waals surface area contributed by atoms with E-state index in [4.69, 9.17) is 16.3 Å². The van der Waals surface area contributed by atoms with Crippen LogP contribution in [0, 0.1) is 0 Å². The van der Waals surface area contributed by atoms with Crippen LogP contribution in [0.3, 0.4) is 0 Å². The summed E-state index contributed by atoms with van der Waals surface area (Å²) in [4.78, 5) is 12.8. The summed E-state index contributed by atoms with van der Waals surface area (Å²) < 4.78 is 6.95. The molecule has 0 N–H and O–H groups in total. The molecule has 0 radical (unpaired) electrons. The molecule has 0 spiro atoms. The second-order valence-corrected chi connectivity index (χ2v) is 4.25. The third-order valence-electron chi connectivity index (χ3n) is 2.44. The molecule has 18 heavy (non-hydrogen) atoms. The van der Waals surface area contributed by atoms with Crippen molar-refractivity contribution in [3.63, 3.8) is 0 Å². The Morgan fingerprint density at radius 3 is 2.94 bits per heavy atom. The summed E-state index contributed by atoms with van der Waals surface area (Å²) in [5, 5.41) is 0.406. The van der Waals surface area contributed by atoms with Crippen molar-refractivity contribution in [1.29, 1.82) is 0 Å². The maximum absolute atomic E-state index is 5.99. The topological polar surface area (TPSA) is 52.8 Å². The number of aryl methyl sites for hydroxylation is 1. The molecule has 2 aromatic rings. The van der Waals surface area contributed by atoms with E-state index in [0.717, 1.165) is 24.5 Å². The molecular formula is C12H15ClN4O. The number of hydrogen-bond donors (Lipinski definition) is 0. The number of aromatic nitrogens is 4. The van der Waals surface area contributed by atoms with Gasteiger partial charge in [-0.15, -0.1) is 0 Å².